The van der Waals surface area contributed by atoms with Gasteiger partial charge in [-0.15, -0.1) is 23.1 Å². The number of anilines is 2. The fourth-order valence-electron chi connectivity index (χ4n) is 3.65. The van der Waals surface area contributed by atoms with Gasteiger partial charge in [0.1, 0.15) is 11.0 Å². The summed E-state index contributed by atoms with van der Waals surface area (Å²) in [7, 11) is 0. The van der Waals surface area contributed by atoms with Crippen LogP contribution in [-0.2, 0) is 14.4 Å². The number of carboxylic acids is 1. The van der Waals surface area contributed by atoms with Gasteiger partial charge in [0.2, 0.25) is 11.8 Å². The molecule has 1 heterocycles. The molecule has 0 saturated heterocycles. The van der Waals surface area contributed by atoms with E-state index in [4.69, 9.17) is 9.84 Å². The van der Waals surface area contributed by atoms with Crippen LogP contribution in [0.15, 0.2) is 89.1 Å². The Balaban J connectivity index is 1.48. The Bertz CT molecular complexity index is 1420. The SMILES string of the molecule is CCOc1ccc(-c2csc(NC(=O)C(Sc3cccc(NC(=O)CCC(=O)O)c3)c3ccccc3)n2)cc1. The maximum absolute atomic E-state index is 13.5. The fraction of sp³-hybridized carbons (Fsp3) is 0.172. The molecule has 4 aromatic rings. The number of aliphatic carboxylic acids is 1. The van der Waals surface area contributed by atoms with Crippen LogP contribution >= 0.6 is 23.1 Å². The zero-order valence-electron chi connectivity index (χ0n) is 21.1. The first kappa shape index (κ1) is 27.9. The van der Waals surface area contributed by atoms with Crippen LogP contribution in [0.25, 0.3) is 11.3 Å². The number of amides is 2. The highest BCUT2D eigenvalue weighted by Crippen LogP contribution is 2.38. The number of aromatic nitrogens is 1. The quantitative estimate of drug-likeness (QED) is 0.169. The summed E-state index contributed by atoms with van der Waals surface area (Å²) in [5, 5.41) is 16.3. The fourth-order valence-corrected chi connectivity index (χ4v) is 5.46. The van der Waals surface area contributed by atoms with Gasteiger partial charge in [-0.3, -0.25) is 14.4 Å². The molecule has 0 aliphatic carbocycles. The first-order valence-corrected chi connectivity index (χ1v) is 14.0. The van der Waals surface area contributed by atoms with Crippen molar-refractivity contribution in [1.82, 2.24) is 4.98 Å². The monoisotopic (exact) mass is 561 g/mol. The number of rotatable bonds is 12. The van der Waals surface area contributed by atoms with Crippen molar-refractivity contribution in [3.63, 3.8) is 0 Å². The number of carboxylic acid groups (broad SMARTS) is 1. The highest BCUT2D eigenvalue weighted by atomic mass is 32.2. The molecule has 1 unspecified atom stereocenters. The summed E-state index contributed by atoms with van der Waals surface area (Å²) in [6.07, 6.45) is -0.359. The first-order chi connectivity index (χ1) is 18.9. The molecule has 3 N–H and O–H groups in total. The van der Waals surface area contributed by atoms with Crippen molar-refractivity contribution in [1.29, 1.82) is 0 Å². The summed E-state index contributed by atoms with van der Waals surface area (Å²) >= 11 is 2.69. The van der Waals surface area contributed by atoms with E-state index in [2.05, 4.69) is 15.6 Å². The minimum atomic E-state index is -1.03. The van der Waals surface area contributed by atoms with Crippen molar-refractivity contribution in [3.8, 4) is 17.0 Å². The van der Waals surface area contributed by atoms with Crippen LogP contribution in [0, 0.1) is 0 Å². The Morgan fingerprint density at radius 1 is 0.974 bits per heavy atom. The molecule has 0 aliphatic heterocycles. The second kappa shape index (κ2) is 13.6. The number of nitrogens with one attached hydrogen (secondary N) is 2. The van der Waals surface area contributed by atoms with Crippen molar-refractivity contribution >= 4 is 51.7 Å². The van der Waals surface area contributed by atoms with Crippen LogP contribution in [-0.4, -0.2) is 34.5 Å². The van der Waals surface area contributed by atoms with Gasteiger partial charge in [-0.2, -0.15) is 0 Å². The lowest BCUT2D eigenvalue weighted by molar-refractivity contribution is -0.138. The molecule has 0 saturated carbocycles. The first-order valence-electron chi connectivity index (χ1n) is 12.2. The minimum Gasteiger partial charge on any atom is -0.494 e. The summed E-state index contributed by atoms with van der Waals surface area (Å²) in [5.74, 6) is -0.853. The largest absolute Gasteiger partial charge is 0.494 e. The van der Waals surface area contributed by atoms with Crippen LogP contribution in [0.1, 0.15) is 30.6 Å². The number of thiazole rings is 1. The summed E-state index contributed by atoms with van der Waals surface area (Å²) in [5.41, 5.74) is 3.03. The van der Waals surface area contributed by atoms with Gasteiger partial charge in [0.05, 0.1) is 18.7 Å². The van der Waals surface area contributed by atoms with Crippen molar-refractivity contribution in [2.45, 2.75) is 29.9 Å². The summed E-state index contributed by atoms with van der Waals surface area (Å²) in [4.78, 5) is 41.7. The third-order valence-electron chi connectivity index (χ3n) is 5.47. The van der Waals surface area contributed by atoms with E-state index in [1.807, 2.05) is 73.0 Å². The number of ether oxygens (including phenoxy) is 1. The van der Waals surface area contributed by atoms with Gasteiger partial charge in [0, 0.05) is 27.9 Å². The van der Waals surface area contributed by atoms with E-state index in [1.54, 1.807) is 18.2 Å². The van der Waals surface area contributed by atoms with E-state index in [1.165, 1.54) is 23.1 Å². The molecule has 0 bridgehead atoms. The van der Waals surface area contributed by atoms with E-state index in [0.29, 0.717) is 17.4 Å². The smallest absolute Gasteiger partial charge is 0.303 e. The van der Waals surface area contributed by atoms with Crippen LogP contribution in [0.4, 0.5) is 10.8 Å². The highest BCUT2D eigenvalue weighted by molar-refractivity contribution is 8.00. The Morgan fingerprint density at radius 2 is 1.74 bits per heavy atom. The molecule has 0 fully saturated rings. The lowest BCUT2D eigenvalue weighted by atomic mass is 10.1. The van der Waals surface area contributed by atoms with Crippen molar-refractivity contribution in [2.24, 2.45) is 0 Å². The van der Waals surface area contributed by atoms with Gasteiger partial charge in [-0.1, -0.05) is 36.4 Å². The van der Waals surface area contributed by atoms with Crippen molar-refractivity contribution in [3.05, 3.63) is 89.8 Å². The Hall–Kier alpha value is -4.15. The number of hydrogen-bond donors (Lipinski definition) is 3. The van der Waals surface area contributed by atoms with Crippen LogP contribution < -0.4 is 15.4 Å². The lowest BCUT2D eigenvalue weighted by Gasteiger charge is -2.17. The second-order valence-corrected chi connectivity index (χ2v) is 10.4. The third-order valence-corrected chi connectivity index (χ3v) is 7.48. The van der Waals surface area contributed by atoms with Crippen LogP contribution in [0.5, 0.6) is 5.75 Å². The molecule has 2 amide bonds. The predicted molar refractivity (Wildman–Crippen MR) is 154 cm³/mol. The zero-order chi connectivity index (χ0) is 27.6. The molecule has 3 aromatic carbocycles. The van der Waals surface area contributed by atoms with Gasteiger partial charge in [-0.25, -0.2) is 4.98 Å². The molecule has 1 aromatic heterocycles. The van der Waals surface area contributed by atoms with E-state index < -0.39 is 11.2 Å². The van der Waals surface area contributed by atoms with Crippen LogP contribution in [0.3, 0.4) is 0 Å². The number of hydrogen-bond acceptors (Lipinski definition) is 7. The number of thioether (sulfide) groups is 1. The number of carbonyl (C=O) groups excluding carboxylic acids is 2. The Morgan fingerprint density at radius 3 is 2.46 bits per heavy atom. The summed E-state index contributed by atoms with van der Waals surface area (Å²) < 4.78 is 5.50. The third kappa shape index (κ3) is 8.17. The highest BCUT2D eigenvalue weighted by Gasteiger charge is 2.23. The minimum absolute atomic E-state index is 0.117. The standard InChI is InChI=1S/C29H27N3O5S2/c1-2-37-22-13-11-19(12-14-22)24-18-38-29(31-24)32-28(36)27(20-7-4-3-5-8-20)39-23-10-6-9-21(17-23)30-25(33)15-16-26(34)35/h3-14,17-18,27H,2,15-16H2,1H3,(H,30,33)(H,34,35)(H,31,32,36). The molecule has 0 aliphatic rings. The second-order valence-electron chi connectivity index (χ2n) is 8.36. The molecule has 200 valence electrons. The molecular formula is C29H27N3O5S2. The summed E-state index contributed by atoms with van der Waals surface area (Å²) in [6, 6.07) is 24.2. The van der Waals surface area contributed by atoms with Crippen molar-refractivity contribution in [2.75, 3.05) is 17.2 Å². The van der Waals surface area contributed by atoms with E-state index in [9.17, 15) is 14.4 Å². The molecule has 1 atom stereocenters. The maximum atomic E-state index is 13.5. The molecule has 0 spiro atoms. The van der Waals surface area contributed by atoms with E-state index in [0.717, 1.165) is 27.5 Å². The Kier molecular flexibility index (Phi) is 9.71. The molecule has 8 nitrogen and oxygen atoms in total. The number of benzene rings is 3. The average Bonchev–Trinajstić information content (AvgIpc) is 3.40. The predicted octanol–water partition coefficient (Wildman–Crippen LogP) is 6.48. The number of nitrogens with zero attached hydrogens (tertiary/aromatic N) is 1. The van der Waals surface area contributed by atoms with E-state index in [-0.39, 0.29) is 24.7 Å². The molecule has 4 rings (SSSR count). The van der Waals surface area contributed by atoms with Crippen molar-refractivity contribution < 1.29 is 24.2 Å². The summed E-state index contributed by atoms with van der Waals surface area (Å²) in [6.45, 7) is 2.53. The average molecular weight is 562 g/mol. The van der Waals surface area contributed by atoms with E-state index >= 15 is 0 Å². The Labute approximate surface area is 234 Å². The zero-order valence-corrected chi connectivity index (χ0v) is 22.8. The van der Waals surface area contributed by atoms with Gasteiger partial charge < -0.3 is 20.5 Å². The van der Waals surface area contributed by atoms with Crippen LogP contribution in [0.2, 0.25) is 0 Å². The molecular weight excluding hydrogens is 534 g/mol. The van der Waals surface area contributed by atoms with Gasteiger partial charge in [0.25, 0.3) is 0 Å². The van der Waals surface area contributed by atoms with Gasteiger partial charge in [0.15, 0.2) is 5.13 Å². The lowest BCUT2D eigenvalue weighted by Crippen LogP contribution is -2.19. The molecule has 39 heavy (non-hydrogen) atoms. The maximum Gasteiger partial charge on any atom is 0.303 e. The normalized spacial score (nSPS) is 11.4. The number of carbonyl (C=O) groups is 3. The van der Waals surface area contributed by atoms with Gasteiger partial charge >= 0.3 is 5.97 Å². The molecule has 10 heteroatoms. The molecule has 0 radical (unpaired) electrons. The topological polar surface area (TPSA) is 118 Å². The van der Waals surface area contributed by atoms with Gasteiger partial charge in [-0.05, 0) is 55.0 Å².